The maximum absolute atomic E-state index is 11.0. The zero-order chi connectivity index (χ0) is 12.4. The highest BCUT2D eigenvalue weighted by molar-refractivity contribution is 5.67. The molecule has 0 aromatic carbocycles. The van der Waals surface area contributed by atoms with Gasteiger partial charge in [-0.3, -0.25) is 4.79 Å². The van der Waals surface area contributed by atoms with Crippen molar-refractivity contribution in [1.82, 2.24) is 0 Å². The molecule has 0 radical (unpaired) electrons. The van der Waals surface area contributed by atoms with E-state index in [1.807, 2.05) is 0 Å². The molecule has 2 atom stereocenters. The first-order valence-corrected chi connectivity index (χ1v) is 5.73. The number of aliphatic carboxylic acids is 1. The first-order chi connectivity index (χ1) is 6.51. The van der Waals surface area contributed by atoms with E-state index in [1.54, 1.807) is 0 Å². The van der Waals surface area contributed by atoms with E-state index in [1.165, 1.54) is 0 Å². The summed E-state index contributed by atoms with van der Waals surface area (Å²) >= 11 is 0. The molecule has 0 saturated carbocycles. The van der Waals surface area contributed by atoms with Gasteiger partial charge in [0, 0.05) is 0 Å². The third-order valence-corrected chi connectivity index (χ3v) is 4.14. The van der Waals surface area contributed by atoms with Crippen molar-refractivity contribution in [2.45, 2.75) is 54.9 Å². The Morgan fingerprint density at radius 1 is 1.13 bits per heavy atom. The molecule has 2 nitrogen and oxygen atoms in total. The number of carboxylic acid groups (broad SMARTS) is 1. The fourth-order valence-corrected chi connectivity index (χ4v) is 2.17. The fourth-order valence-electron chi connectivity index (χ4n) is 2.17. The lowest BCUT2D eigenvalue weighted by Crippen LogP contribution is -2.40. The van der Waals surface area contributed by atoms with Crippen LogP contribution in [-0.2, 0) is 4.79 Å². The molecule has 90 valence electrons. The number of carbonyl (C=O) groups is 1. The van der Waals surface area contributed by atoms with Crippen molar-refractivity contribution in [1.29, 1.82) is 0 Å². The van der Waals surface area contributed by atoms with Gasteiger partial charge in [-0.05, 0) is 22.7 Å². The van der Waals surface area contributed by atoms with Gasteiger partial charge in [0.15, 0.2) is 0 Å². The van der Waals surface area contributed by atoms with Crippen molar-refractivity contribution < 1.29 is 9.90 Å². The molecule has 2 unspecified atom stereocenters. The van der Waals surface area contributed by atoms with Crippen LogP contribution in [0.25, 0.3) is 0 Å². The Hall–Kier alpha value is -0.530. The summed E-state index contributed by atoms with van der Waals surface area (Å²) in [7, 11) is 0. The van der Waals surface area contributed by atoms with Crippen molar-refractivity contribution in [3.05, 3.63) is 0 Å². The number of hydrogen-bond donors (Lipinski definition) is 1. The van der Waals surface area contributed by atoms with Gasteiger partial charge in [0.2, 0.25) is 0 Å². The van der Waals surface area contributed by atoms with Crippen LogP contribution in [0.2, 0.25) is 0 Å². The molecule has 0 saturated heterocycles. The van der Waals surface area contributed by atoms with Crippen LogP contribution >= 0.6 is 0 Å². The van der Waals surface area contributed by atoms with E-state index in [9.17, 15) is 4.79 Å². The second-order valence-electron chi connectivity index (χ2n) is 6.32. The standard InChI is InChI=1S/C13H26O2/c1-9(2)13(7,8-11(14)15)10(3)12(4,5)6/h9-10H,8H2,1-7H3,(H,14,15). The summed E-state index contributed by atoms with van der Waals surface area (Å²) in [6.07, 6.45) is 0.253. The largest absolute Gasteiger partial charge is 0.481 e. The molecule has 2 heteroatoms. The minimum atomic E-state index is -0.692. The maximum Gasteiger partial charge on any atom is 0.303 e. The highest BCUT2D eigenvalue weighted by Crippen LogP contribution is 2.47. The molecule has 0 fully saturated rings. The van der Waals surface area contributed by atoms with Gasteiger partial charge in [-0.15, -0.1) is 0 Å². The minimum absolute atomic E-state index is 0.135. The zero-order valence-corrected chi connectivity index (χ0v) is 11.2. The van der Waals surface area contributed by atoms with Crippen LogP contribution < -0.4 is 0 Å². The van der Waals surface area contributed by atoms with E-state index in [0.29, 0.717) is 11.8 Å². The molecule has 0 aliphatic heterocycles. The van der Waals surface area contributed by atoms with E-state index < -0.39 is 5.97 Å². The van der Waals surface area contributed by atoms with Crippen LogP contribution in [-0.4, -0.2) is 11.1 Å². The second kappa shape index (κ2) is 4.54. The van der Waals surface area contributed by atoms with Crippen LogP contribution in [0.5, 0.6) is 0 Å². The quantitative estimate of drug-likeness (QED) is 0.772. The SMILES string of the molecule is CC(C)C(C)(CC(=O)O)C(C)C(C)(C)C. The van der Waals surface area contributed by atoms with E-state index in [0.717, 1.165) is 0 Å². The predicted octanol–water partition coefficient (Wildman–Crippen LogP) is 3.81. The monoisotopic (exact) mass is 214 g/mol. The number of carboxylic acids is 1. The maximum atomic E-state index is 11.0. The average Bonchev–Trinajstić information content (AvgIpc) is 1.99. The topological polar surface area (TPSA) is 37.3 Å². The molecule has 0 spiro atoms. The van der Waals surface area contributed by atoms with Crippen LogP contribution in [0, 0.1) is 22.7 Å². The molecule has 0 aliphatic carbocycles. The van der Waals surface area contributed by atoms with Crippen molar-refractivity contribution in [2.24, 2.45) is 22.7 Å². The van der Waals surface area contributed by atoms with Gasteiger partial charge < -0.3 is 5.11 Å². The van der Waals surface area contributed by atoms with Crippen LogP contribution in [0.3, 0.4) is 0 Å². The van der Waals surface area contributed by atoms with Gasteiger partial charge in [0.05, 0.1) is 6.42 Å². The van der Waals surface area contributed by atoms with E-state index in [4.69, 9.17) is 5.11 Å². The average molecular weight is 214 g/mol. The van der Waals surface area contributed by atoms with Crippen molar-refractivity contribution in [2.75, 3.05) is 0 Å². The lowest BCUT2D eigenvalue weighted by Gasteiger charge is -2.45. The summed E-state index contributed by atoms with van der Waals surface area (Å²) in [5.74, 6) is 0.0613. The highest BCUT2D eigenvalue weighted by atomic mass is 16.4. The summed E-state index contributed by atoms with van der Waals surface area (Å²) in [6.45, 7) is 15.0. The van der Waals surface area contributed by atoms with Gasteiger partial charge in [-0.2, -0.15) is 0 Å². The fraction of sp³-hybridized carbons (Fsp3) is 0.923. The Balaban J connectivity index is 5.03. The normalized spacial score (nSPS) is 18.7. The summed E-state index contributed by atoms with van der Waals surface area (Å²) in [6, 6.07) is 0. The Bertz CT molecular complexity index is 225. The summed E-state index contributed by atoms with van der Waals surface area (Å²) in [5, 5.41) is 9.01. The van der Waals surface area contributed by atoms with Gasteiger partial charge in [0.1, 0.15) is 0 Å². The number of hydrogen-bond acceptors (Lipinski definition) is 1. The molecule has 0 aliphatic rings. The third-order valence-electron chi connectivity index (χ3n) is 4.14. The molecule has 1 N–H and O–H groups in total. The van der Waals surface area contributed by atoms with E-state index in [2.05, 4.69) is 48.5 Å². The molecular weight excluding hydrogens is 188 g/mol. The number of rotatable bonds is 4. The van der Waals surface area contributed by atoms with Crippen LogP contribution in [0.4, 0.5) is 0 Å². The molecular formula is C13H26O2. The minimum Gasteiger partial charge on any atom is -0.481 e. The van der Waals surface area contributed by atoms with Gasteiger partial charge in [0.25, 0.3) is 0 Å². The Morgan fingerprint density at radius 3 is 1.73 bits per heavy atom. The molecule has 0 aromatic rings. The Labute approximate surface area is 94.1 Å². The predicted molar refractivity (Wildman–Crippen MR) is 63.8 cm³/mol. The Morgan fingerprint density at radius 2 is 1.53 bits per heavy atom. The molecule has 0 rings (SSSR count). The smallest absolute Gasteiger partial charge is 0.303 e. The van der Waals surface area contributed by atoms with Gasteiger partial charge >= 0.3 is 5.97 Å². The van der Waals surface area contributed by atoms with Gasteiger partial charge in [-0.1, -0.05) is 48.5 Å². The molecule has 0 aromatic heterocycles. The van der Waals surface area contributed by atoms with Crippen molar-refractivity contribution >= 4 is 5.97 Å². The highest BCUT2D eigenvalue weighted by Gasteiger charge is 2.41. The van der Waals surface area contributed by atoms with Crippen LogP contribution in [0.1, 0.15) is 54.9 Å². The van der Waals surface area contributed by atoms with E-state index in [-0.39, 0.29) is 17.3 Å². The first kappa shape index (κ1) is 14.5. The second-order valence-corrected chi connectivity index (χ2v) is 6.32. The van der Waals surface area contributed by atoms with Crippen molar-refractivity contribution in [3.63, 3.8) is 0 Å². The summed E-state index contributed by atoms with van der Waals surface area (Å²) in [5.41, 5.74) is 0.0125. The zero-order valence-electron chi connectivity index (χ0n) is 11.2. The van der Waals surface area contributed by atoms with Gasteiger partial charge in [-0.25, -0.2) is 0 Å². The first-order valence-electron chi connectivity index (χ1n) is 5.73. The third kappa shape index (κ3) is 3.51. The lowest BCUT2D eigenvalue weighted by molar-refractivity contribution is -0.142. The van der Waals surface area contributed by atoms with Crippen molar-refractivity contribution in [3.8, 4) is 0 Å². The molecule has 0 heterocycles. The lowest BCUT2D eigenvalue weighted by atomic mass is 9.59. The summed E-state index contributed by atoms with van der Waals surface area (Å²) in [4.78, 5) is 11.0. The molecule has 0 amide bonds. The summed E-state index contributed by atoms with van der Waals surface area (Å²) < 4.78 is 0. The molecule has 15 heavy (non-hydrogen) atoms. The Kier molecular flexibility index (Phi) is 4.38. The van der Waals surface area contributed by atoms with E-state index >= 15 is 0 Å². The van der Waals surface area contributed by atoms with Crippen LogP contribution in [0.15, 0.2) is 0 Å². The molecule has 0 bridgehead atoms.